The molecule has 0 heterocycles. The molecule has 0 spiro atoms. The van der Waals surface area contributed by atoms with Gasteiger partial charge in [-0.25, -0.2) is 0 Å². The van der Waals surface area contributed by atoms with Crippen LogP contribution < -0.4 is 10.1 Å². The van der Waals surface area contributed by atoms with Crippen molar-refractivity contribution < 1.29 is 9.66 Å². The minimum atomic E-state index is -0.360. The van der Waals surface area contributed by atoms with Crippen LogP contribution in [0.3, 0.4) is 0 Å². The first-order valence-electron chi connectivity index (χ1n) is 7.69. The highest BCUT2D eigenvalue weighted by atomic mass is 16.6. The van der Waals surface area contributed by atoms with Gasteiger partial charge in [0.15, 0.2) is 0 Å². The Labute approximate surface area is 126 Å². The third kappa shape index (κ3) is 5.25. The van der Waals surface area contributed by atoms with E-state index in [0.717, 1.165) is 19.3 Å². The van der Waals surface area contributed by atoms with Crippen molar-refractivity contribution in [2.75, 3.05) is 11.9 Å². The summed E-state index contributed by atoms with van der Waals surface area (Å²) in [5.41, 5.74) is 0.641. The fourth-order valence-electron chi connectivity index (χ4n) is 2.24. The van der Waals surface area contributed by atoms with Gasteiger partial charge in [0.1, 0.15) is 11.4 Å². The zero-order valence-electron chi connectivity index (χ0n) is 13.4. The summed E-state index contributed by atoms with van der Waals surface area (Å²) in [7, 11) is 0. The lowest BCUT2D eigenvalue weighted by Gasteiger charge is -2.21. The molecule has 5 nitrogen and oxygen atoms in total. The van der Waals surface area contributed by atoms with E-state index in [1.807, 2.05) is 6.92 Å². The van der Waals surface area contributed by atoms with Crippen molar-refractivity contribution in [2.24, 2.45) is 5.92 Å². The predicted molar refractivity (Wildman–Crippen MR) is 86.0 cm³/mol. The molecule has 2 atom stereocenters. The molecule has 5 heteroatoms. The van der Waals surface area contributed by atoms with Crippen LogP contribution in [0.1, 0.15) is 47.0 Å². The summed E-state index contributed by atoms with van der Waals surface area (Å²) in [4.78, 5) is 10.9. The third-order valence-electron chi connectivity index (χ3n) is 3.71. The Bertz CT molecular complexity index is 463. The molecule has 1 aromatic rings. The lowest BCUT2D eigenvalue weighted by Crippen LogP contribution is -2.21. The Hall–Kier alpha value is -1.78. The second-order valence-electron chi connectivity index (χ2n) is 5.37. The third-order valence-corrected chi connectivity index (χ3v) is 3.71. The Morgan fingerprint density at radius 2 is 2.00 bits per heavy atom. The smallest absolute Gasteiger partial charge is 0.296 e. The topological polar surface area (TPSA) is 64.4 Å². The molecule has 0 aliphatic rings. The average molecular weight is 294 g/mol. The quantitative estimate of drug-likeness (QED) is 0.533. The van der Waals surface area contributed by atoms with Gasteiger partial charge in [-0.1, -0.05) is 27.2 Å². The van der Waals surface area contributed by atoms with Gasteiger partial charge in [-0.15, -0.1) is 0 Å². The van der Waals surface area contributed by atoms with Crippen LogP contribution in [-0.4, -0.2) is 17.6 Å². The molecule has 0 aliphatic carbocycles. The second-order valence-corrected chi connectivity index (χ2v) is 5.37. The van der Waals surface area contributed by atoms with E-state index in [1.54, 1.807) is 12.1 Å². The number of anilines is 1. The van der Waals surface area contributed by atoms with Crippen LogP contribution in [0, 0.1) is 16.0 Å². The van der Waals surface area contributed by atoms with Crippen molar-refractivity contribution in [1.29, 1.82) is 0 Å². The highest BCUT2D eigenvalue weighted by Gasteiger charge is 2.18. The van der Waals surface area contributed by atoms with E-state index in [1.165, 1.54) is 6.07 Å². The molecule has 0 fully saturated rings. The van der Waals surface area contributed by atoms with E-state index in [2.05, 4.69) is 26.1 Å². The van der Waals surface area contributed by atoms with Crippen LogP contribution in [-0.2, 0) is 0 Å². The van der Waals surface area contributed by atoms with Gasteiger partial charge in [-0.3, -0.25) is 10.1 Å². The van der Waals surface area contributed by atoms with E-state index in [4.69, 9.17) is 4.74 Å². The molecule has 1 aromatic carbocycles. The average Bonchev–Trinajstić information content (AvgIpc) is 2.47. The van der Waals surface area contributed by atoms with Gasteiger partial charge in [-0.2, -0.15) is 0 Å². The Balaban J connectivity index is 2.92. The van der Waals surface area contributed by atoms with Gasteiger partial charge < -0.3 is 10.1 Å². The van der Waals surface area contributed by atoms with Crippen molar-refractivity contribution in [3.8, 4) is 5.75 Å². The molecule has 0 aromatic heterocycles. The Morgan fingerprint density at radius 1 is 1.29 bits per heavy atom. The monoisotopic (exact) mass is 294 g/mol. The summed E-state index contributed by atoms with van der Waals surface area (Å²) in [5.74, 6) is 1.13. The first-order valence-corrected chi connectivity index (χ1v) is 7.69. The van der Waals surface area contributed by atoms with Gasteiger partial charge in [-0.05, 0) is 37.8 Å². The Morgan fingerprint density at radius 3 is 2.52 bits per heavy atom. The molecular weight excluding hydrogens is 268 g/mol. The summed E-state index contributed by atoms with van der Waals surface area (Å²) < 4.78 is 5.33. The summed E-state index contributed by atoms with van der Waals surface area (Å²) in [6.45, 7) is 8.82. The largest absolute Gasteiger partial charge is 0.494 e. The van der Waals surface area contributed by atoms with Crippen LogP contribution >= 0.6 is 0 Å². The lowest BCUT2D eigenvalue weighted by atomic mass is 9.97. The van der Waals surface area contributed by atoms with E-state index in [0.29, 0.717) is 24.0 Å². The van der Waals surface area contributed by atoms with E-state index < -0.39 is 0 Å². The maximum absolute atomic E-state index is 11.2. The molecule has 0 saturated carbocycles. The zero-order valence-corrected chi connectivity index (χ0v) is 13.4. The number of hydrogen-bond donors (Lipinski definition) is 1. The van der Waals surface area contributed by atoms with Crippen LogP contribution in [0.25, 0.3) is 0 Å². The number of nitrogens with one attached hydrogen (secondary N) is 1. The highest BCUT2D eigenvalue weighted by molar-refractivity contribution is 5.64. The molecule has 0 aliphatic heterocycles. The fourth-order valence-corrected chi connectivity index (χ4v) is 2.24. The first kappa shape index (κ1) is 17.3. The van der Waals surface area contributed by atoms with E-state index in [9.17, 15) is 10.1 Å². The maximum atomic E-state index is 11.2. The summed E-state index contributed by atoms with van der Waals surface area (Å²) in [6, 6.07) is 5.25. The highest BCUT2D eigenvalue weighted by Crippen LogP contribution is 2.30. The molecule has 21 heavy (non-hydrogen) atoms. The van der Waals surface area contributed by atoms with E-state index in [-0.39, 0.29) is 16.7 Å². The summed E-state index contributed by atoms with van der Waals surface area (Å²) >= 11 is 0. The molecule has 0 bridgehead atoms. The van der Waals surface area contributed by atoms with Gasteiger partial charge in [0, 0.05) is 6.04 Å². The van der Waals surface area contributed by atoms with Crippen LogP contribution in [0.5, 0.6) is 5.75 Å². The Kier molecular flexibility index (Phi) is 6.99. The van der Waals surface area contributed by atoms with Crippen LogP contribution in [0.2, 0.25) is 0 Å². The molecule has 2 unspecified atom stereocenters. The summed E-state index contributed by atoms with van der Waals surface area (Å²) in [6.07, 6.45) is 3.07. The number of benzene rings is 1. The van der Waals surface area contributed by atoms with Gasteiger partial charge >= 0.3 is 0 Å². The molecule has 0 amide bonds. The molecule has 1 rings (SSSR count). The van der Waals surface area contributed by atoms with Crippen molar-refractivity contribution in [1.82, 2.24) is 0 Å². The van der Waals surface area contributed by atoms with Crippen molar-refractivity contribution in [2.45, 2.75) is 53.0 Å². The lowest BCUT2D eigenvalue weighted by molar-refractivity contribution is -0.384. The number of nitro benzene ring substituents is 1. The number of rotatable bonds is 9. The molecular formula is C16H26N2O3. The zero-order chi connectivity index (χ0) is 15.8. The fraction of sp³-hybridized carbons (Fsp3) is 0.625. The number of ether oxygens (including phenoxy) is 1. The molecule has 0 saturated heterocycles. The minimum absolute atomic E-state index is 0.0727. The molecule has 0 radical (unpaired) electrons. The molecule has 1 N–H and O–H groups in total. The van der Waals surface area contributed by atoms with Crippen LogP contribution in [0.15, 0.2) is 18.2 Å². The molecule has 118 valence electrons. The van der Waals surface area contributed by atoms with Gasteiger partial charge in [0.05, 0.1) is 17.6 Å². The number of nitrogens with zero attached hydrogens (tertiary/aromatic N) is 1. The van der Waals surface area contributed by atoms with Gasteiger partial charge in [0.2, 0.25) is 0 Å². The van der Waals surface area contributed by atoms with E-state index >= 15 is 0 Å². The SMILES string of the molecule is CCOc1ccc(NC(CC)CC(C)CC)c([N+](=O)[O-])c1. The second kappa shape index (κ2) is 8.49. The van der Waals surface area contributed by atoms with Gasteiger partial charge in [0.25, 0.3) is 5.69 Å². The normalized spacial score (nSPS) is 13.5. The number of nitro groups is 1. The summed E-state index contributed by atoms with van der Waals surface area (Å²) in [5, 5.41) is 14.6. The van der Waals surface area contributed by atoms with Crippen LogP contribution in [0.4, 0.5) is 11.4 Å². The number of hydrogen-bond acceptors (Lipinski definition) is 4. The van der Waals surface area contributed by atoms with Crippen molar-refractivity contribution in [3.05, 3.63) is 28.3 Å². The first-order chi connectivity index (χ1) is 10.0. The maximum Gasteiger partial charge on any atom is 0.296 e. The minimum Gasteiger partial charge on any atom is -0.494 e. The van der Waals surface area contributed by atoms with Crippen molar-refractivity contribution >= 4 is 11.4 Å². The van der Waals surface area contributed by atoms with Crippen molar-refractivity contribution in [3.63, 3.8) is 0 Å². The predicted octanol–water partition coefficient (Wildman–Crippen LogP) is 4.62. The standard InChI is InChI=1S/C16H26N2O3/c1-5-12(4)10-13(6-2)17-15-9-8-14(21-7-3)11-16(15)18(19)20/h8-9,11-13,17H,5-7,10H2,1-4H3.